The summed E-state index contributed by atoms with van der Waals surface area (Å²) in [6, 6.07) is 3.44. The number of nitrogens with two attached hydrogens (primary N) is 1. The van der Waals surface area contributed by atoms with Crippen molar-refractivity contribution in [3.63, 3.8) is 0 Å². The second-order valence-electron chi connectivity index (χ2n) is 6.92. The molecule has 0 bridgehead atoms. The molecule has 1 aliphatic rings. The number of sulfonamides is 1. The Morgan fingerprint density at radius 1 is 1.33 bits per heavy atom. The van der Waals surface area contributed by atoms with Crippen LogP contribution >= 0.6 is 12.4 Å². The molecule has 150 valence electrons. The highest BCUT2D eigenvalue weighted by molar-refractivity contribution is 7.89. The van der Waals surface area contributed by atoms with Crippen LogP contribution < -0.4 is 5.73 Å². The average molecular weight is 416 g/mol. The third-order valence-corrected chi connectivity index (χ3v) is 6.75. The van der Waals surface area contributed by atoms with E-state index in [1.165, 1.54) is 10.5 Å². The first-order valence-electron chi connectivity index (χ1n) is 8.78. The molecule has 1 aliphatic heterocycles. The number of fused-ring (bicyclic) bond motifs is 1. The first-order valence-corrected chi connectivity index (χ1v) is 10.2. The topological polar surface area (TPSA) is 112 Å². The van der Waals surface area contributed by atoms with Crippen molar-refractivity contribution in [3.8, 4) is 0 Å². The summed E-state index contributed by atoms with van der Waals surface area (Å²) in [7, 11) is -3.65. The van der Waals surface area contributed by atoms with Gasteiger partial charge in [-0.15, -0.1) is 12.4 Å². The molecule has 0 spiro atoms. The van der Waals surface area contributed by atoms with Crippen LogP contribution in [0.15, 0.2) is 29.4 Å². The molecule has 1 amide bonds. The Morgan fingerprint density at radius 2 is 2.00 bits per heavy atom. The first-order chi connectivity index (χ1) is 12.3. The van der Waals surface area contributed by atoms with Crippen LogP contribution in [0, 0.1) is 0 Å². The maximum atomic E-state index is 13.0. The lowest BCUT2D eigenvalue weighted by Crippen LogP contribution is -2.58. The Kier molecular flexibility index (Phi) is 6.51. The number of carbonyl (C=O) groups excluding carboxylic acids is 1. The van der Waals surface area contributed by atoms with E-state index >= 15 is 0 Å². The minimum Gasteiger partial charge on any atom is -0.345 e. The minimum absolute atomic E-state index is 0. The molecule has 1 unspecified atom stereocenters. The maximum Gasteiger partial charge on any atom is 0.245 e. The molecule has 0 radical (unpaired) electrons. The SMILES string of the molecule is CCCC(C)(N)C(=O)N1CCN(S(=O)(=O)c2c[nH]c3ncccc23)CC1.Cl. The number of hydrogen-bond donors (Lipinski definition) is 2. The number of hydrogen-bond acceptors (Lipinski definition) is 5. The third kappa shape index (κ3) is 4.11. The number of pyridine rings is 1. The Labute approximate surface area is 165 Å². The number of piperazine rings is 1. The van der Waals surface area contributed by atoms with Gasteiger partial charge in [-0.1, -0.05) is 13.3 Å². The molecule has 10 heteroatoms. The summed E-state index contributed by atoms with van der Waals surface area (Å²) in [6.45, 7) is 4.91. The molecule has 1 atom stereocenters. The molecule has 3 rings (SSSR count). The van der Waals surface area contributed by atoms with E-state index in [9.17, 15) is 13.2 Å². The summed E-state index contributed by atoms with van der Waals surface area (Å²) < 4.78 is 27.4. The lowest BCUT2D eigenvalue weighted by atomic mass is 9.95. The Morgan fingerprint density at radius 3 is 2.63 bits per heavy atom. The number of carbonyl (C=O) groups is 1. The third-order valence-electron chi connectivity index (χ3n) is 4.81. The summed E-state index contributed by atoms with van der Waals surface area (Å²) in [5, 5.41) is 0.573. The first kappa shape index (κ1) is 21.6. The fourth-order valence-electron chi connectivity index (χ4n) is 3.40. The van der Waals surface area contributed by atoms with Crippen LogP contribution in [0.2, 0.25) is 0 Å². The van der Waals surface area contributed by atoms with Gasteiger partial charge in [0, 0.05) is 44.0 Å². The lowest BCUT2D eigenvalue weighted by Gasteiger charge is -2.37. The van der Waals surface area contributed by atoms with Gasteiger partial charge in [0.05, 0.1) is 5.54 Å². The second kappa shape index (κ2) is 8.14. The highest BCUT2D eigenvalue weighted by Crippen LogP contribution is 2.25. The monoisotopic (exact) mass is 415 g/mol. The van der Waals surface area contributed by atoms with Crippen LogP contribution in [0.4, 0.5) is 0 Å². The lowest BCUT2D eigenvalue weighted by molar-refractivity contribution is -0.137. The quantitative estimate of drug-likeness (QED) is 0.765. The van der Waals surface area contributed by atoms with Gasteiger partial charge in [-0.3, -0.25) is 4.79 Å². The van der Waals surface area contributed by atoms with Gasteiger partial charge in [0.2, 0.25) is 15.9 Å². The van der Waals surface area contributed by atoms with E-state index in [1.54, 1.807) is 30.2 Å². The smallest absolute Gasteiger partial charge is 0.245 e. The molecule has 0 saturated carbocycles. The van der Waals surface area contributed by atoms with Gasteiger partial charge in [-0.05, 0) is 25.5 Å². The van der Waals surface area contributed by atoms with E-state index in [0.717, 1.165) is 6.42 Å². The van der Waals surface area contributed by atoms with Crippen molar-refractivity contribution in [2.45, 2.75) is 37.1 Å². The molecule has 1 fully saturated rings. The molecule has 3 heterocycles. The fourth-order valence-corrected chi connectivity index (χ4v) is 4.98. The molecule has 0 aliphatic carbocycles. The van der Waals surface area contributed by atoms with Crippen LogP contribution in [0.3, 0.4) is 0 Å². The number of aromatic amines is 1. The largest absolute Gasteiger partial charge is 0.345 e. The van der Waals surface area contributed by atoms with Gasteiger partial charge in [-0.25, -0.2) is 13.4 Å². The Hall–Kier alpha value is -1.68. The number of rotatable bonds is 5. The minimum atomic E-state index is -3.65. The summed E-state index contributed by atoms with van der Waals surface area (Å²) >= 11 is 0. The van der Waals surface area contributed by atoms with Crippen molar-refractivity contribution < 1.29 is 13.2 Å². The van der Waals surface area contributed by atoms with E-state index < -0.39 is 15.6 Å². The van der Waals surface area contributed by atoms with Crippen molar-refractivity contribution in [2.24, 2.45) is 5.73 Å². The maximum absolute atomic E-state index is 13.0. The van der Waals surface area contributed by atoms with Crippen LogP contribution in [0.5, 0.6) is 0 Å². The second-order valence-corrected chi connectivity index (χ2v) is 8.82. The number of H-pyrrole nitrogens is 1. The van der Waals surface area contributed by atoms with Crippen molar-refractivity contribution >= 4 is 39.4 Å². The molecular weight excluding hydrogens is 390 g/mol. The zero-order valence-corrected chi connectivity index (χ0v) is 17.1. The van der Waals surface area contributed by atoms with Gasteiger partial charge in [-0.2, -0.15) is 4.31 Å². The number of nitrogens with one attached hydrogen (secondary N) is 1. The van der Waals surface area contributed by atoms with Crippen molar-refractivity contribution in [2.75, 3.05) is 26.2 Å². The van der Waals surface area contributed by atoms with Gasteiger partial charge in [0.25, 0.3) is 0 Å². The molecule has 8 nitrogen and oxygen atoms in total. The average Bonchev–Trinajstić information content (AvgIpc) is 3.06. The van der Waals surface area contributed by atoms with Crippen molar-refractivity contribution in [3.05, 3.63) is 24.5 Å². The van der Waals surface area contributed by atoms with Gasteiger partial charge in [0.15, 0.2) is 0 Å². The fraction of sp³-hybridized carbons (Fsp3) is 0.529. The van der Waals surface area contributed by atoms with Crippen molar-refractivity contribution in [1.29, 1.82) is 0 Å². The molecule has 0 aromatic carbocycles. The summed E-state index contributed by atoms with van der Waals surface area (Å²) in [5.74, 6) is -0.118. The van der Waals surface area contributed by atoms with Gasteiger partial charge >= 0.3 is 0 Å². The highest BCUT2D eigenvalue weighted by atomic mass is 35.5. The normalized spacial score (nSPS) is 18.1. The van der Waals surface area contributed by atoms with E-state index in [0.29, 0.717) is 30.5 Å². The highest BCUT2D eigenvalue weighted by Gasteiger charge is 2.36. The predicted octanol–water partition coefficient (Wildman–Crippen LogP) is 1.34. The van der Waals surface area contributed by atoms with E-state index in [2.05, 4.69) is 9.97 Å². The van der Waals surface area contributed by atoms with E-state index in [-0.39, 0.29) is 36.3 Å². The molecule has 2 aromatic heterocycles. The Bertz CT molecular complexity index is 904. The number of aromatic nitrogens is 2. The van der Waals surface area contributed by atoms with E-state index in [1.807, 2.05) is 6.92 Å². The van der Waals surface area contributed by atoms with Gasteiger partial charge in [0.1, 0.15) is 10.5 Å². The summed E-state index contributed by atoms with van der Waals surface area (Å²) in [6.07, 6.45) is 4.51. The molecular formula is C17H26ClN5O3S. The zero-order chi connectivity index (χ0) is 18.9. The summed E-state index contributed by atoms with van der Waals surface area (Å²) in [4.78, 5) is 21.5. The molecule has 27 heavy (non-hydrogen) atoms. The van der Waals surface area contributed by atoms with Gasteiger partial charge < -0.3 is 15.6 Å². The molecule has 1 saturated heterocycles. The van der Waals surface area contributed by atoms with Crippen LogP contribution in [-0.4, -0.2) is 65.2 Å². The number of amides is 1. The van der Waals surface area contributed by atoms with Crippen molar-refractivity contribution in [1.82, 2.24) is 19.2 Å². The molecule has 2 aromatic rings. The van der Waals surface area contributed by atoms with Crippen LogP contribution in [0.25, 0.3) is 11.0 Å². The zero-order valence-electron chi connectivity index (χ0n) is 15.5. The van der Waals surface area contributed by atoms with E-state index in [4.69, 9.17) is 5.73 Å². The molecule has 3 N–H and O–H groups in total. The van der Waals surface area contributed by atoms with Crippen LogP contribution in [-0.2, 0) is 14.8 Å². The number of nitrogens with zero attached hydrogens (tertiary/aromatic N) is 3. The summed E-state index contributed by atoms with van der Waals surface area (Å²) in [5.41, 5.74) is 5.76. The van der Waals surface area contributed by atoms with Crippen LogP contribution in [0.1, 0.15) is 26.7 Å². The predicted molar refractivity (Wildman–Crippen MR) is 106 cm³/mol. The Balaban J connectivity index is 0.00000261. The number of halogens is 1. The standard InChI is InChI=1S/C17H25N5O3S.ClH/c1-3-6-17(2,18)16(23)21-8-10-22(11-9-21)26(24,25)14-12-20-15-13(14)5-4-7-19-15;/h4-5,7,12H,3,6,8-11,18H2,1-2H3,(H,19,20);1H.